The summed E-state index contributed by atoms with van der Waals surface area (Å²) in [6, 6.07) is 0. The van der Waals surface area contributed by atoms with Gasteiger partial charge < -0.3 is 0 Å². The lowest BCUT2D eigenvalue weighted by Gasteiger charge is -1.98. The van der Waals surface area contributed by atoms with Gasteiger partial charge in [0.1, 0.15) is 5.04 Å². The maximum atomic E-state index is 11.0. The van der Waals surface area contributed by atoms with Crippen molar-refractivity contribution in [3.8, 4) is 0 Å². The summed E-state index contributed by atoms with van der Waals surface area (Å²) in [4.78, 5) is 0. The van der Waals surface area contributed by atoms with Crippen LogP contribution in [-0.2, 0) is 14.4 Å². The normalized spacial score (nSPS) is 19.6. The van der Waals surface area contributed by atoms with E-state index < -0.39 is 10.1 Å². The van der Waals surface area contributed by atoms with E-state index >= 15 is 0 Å². The van der Waals surface area contributed by atoms with Gasteiger partial charge in [-0.05, 0) is 11.8 Å². The fourth-order valence-corrected chi connectivity index (χ4v) is 1.95. The molecule has 13 heavy (non-hydrogen) atoms. The van der Waals surface area contributed by atoms with Gasteiger partial charge in [0.05, 0.1) is 12.2 Å². The van der Waals surface area contributed by atoms with Crippen molar-refractivity contribution in [3.63, 3.8) is 0 Å². The van der Waals surface area contributed by atoms with Gasteiger partial charge in [-0.15, -0.1) is 0 Å². The highest BCUT2D eigenvalue weighted by Crippen LogP contribution is 2.17. The summed E-state index contributed by atoms with van der Waals surface area (Å²) in [5.74, 6) is -0.0120. The third-order valence-electron chi connectivity index (χ3n) is 1.14. The minimum absolute atomic E-state index is 0.0120. The maximum Gasteiger partial charge on any atom is 0.328 e. The molecule has 0 unspecified atom stereocenters. The summed E-state index contributed by atoms with van der Waals surface area (Å²) in [7, 11) is -3.49. The second-order valence-corrected chi connectivity index (χ2v) is 4.86. The van der Waals surface area contributed by atoms with E-state index in [1.54, 1.807) is 18.4 Å². The summed E-state index contributed by atoms with van der Waals surface area (Å²) >= 11 is 1.27. The van der Waals surface area contributed by atoms with Gasteiger partial charge in [0.25, 0.3) is 0 Å². The molecule has 0 atom stereocenters. The highest BCUT2D eigenvalue weighted by molar-refractivity contribution is 8.17. The molecule has 0 spiro atoms. The van der Waals surface area contributed by atoms with Gasteiger partial charge in [0.2, 0.25) is 0 Å². The van der Waals surface area contributed by atoms with E-state index in [-0.39, 0.29) is 5.75 Å². The van der Waals surface area contributed by atoms with E-state index in [4.69, 9.17) is 0 Å². The van der Waals surface area contributed by atoms with Crippen LogP contribution in [0.3, 0.4) is 0 Å². The molecule has 0 aromatic heterocycles. The van der Waals surface area contributed by atoms with Crippen LogP contribution in [0.1, 0.15) is 13.3 Å². The lowest BCUT2D eigenvalue weighted by atomic mass is 10.5. The Morgan fingerprint density at radius 2 is 2.46 bits per heavy atom. The average Bonchev–Trinajstić information content (AvgIpc) is 2.52. The first-order valence-corrected chi connectivity index (χ1v) is 6.17. The van der Waals surface area contributed by atoms with Crippen LogP contribution in [0.15, 0.2) is 16.6 Å². The van der Waals surface area contributed by atoms with Crippen LogP contribution in [0.4, 0.5) is 0 Å². The van der Waals surface area contributed by atoms with Crippen molar-refractivity contribution in [3.05, 3.63) is 17.9 Å². The highest BCUT2D eigenvalue weighted by Gasteiger charge is 2.11. The van der Waals surface area contributed by atoms with Gasteiger partial charge in [0, 0.05) is 0 Å². The fourth-order valence-electron chi connectivity index (χ4n) is 0.664. The van der Waals surface area contributed by atoms with Gasteiger partial charge in [-0.2, -0.15) is 8.42 Å². The topological polar surface area (TPSA) is 55.7 Å². The highest BCUT2D eigenvalue weighted by atomic mass is 32.2. The number of hydrogen-bond donors (Lipinski definition) is 0. The van der Waals surface area contributed by atoms with E-state index in [1.807, 2.05) is 0 Å². The minimum Gasteiger partial charge on any atom is -0.268 e. The molecule has 0 fully saturated rings. The zero-order chi connectivity index (χ0) is 9.73. The van der Waals surface area contributed by atoms with E-state index in [9.17, 15) is 8.42 Å². The number of allylic oxidation sites excluding steroid dienone is 1. The molecule has 0 N–H and O–H groups in total. The Hall–Kier alpha value is -0.490. The molecule has 0 aromatic rings. The fraction of sp³-hybridized carbons (Fsp3) is 0.429. The Bertz CT molecular complexity index is 309. The lowest BCUT2D eigenvalue weighted by Crippen LogP contribution is -2.07. The molecule has 1 aliphatic rings. The van der Waals surface area contributed by atoms with Crippen molar-refractivity contribution in [2.75, 3.05) is 5.75 Å². The lowest BCUT2D eigenvalue weighted by molar-refractivity contribution is 0.340. The van der Waals surface area contributed by atoms with E-state index in [0.717, 1.165) is 0 Å². The summed E-state index contributed by atoms with van der Waals surface area (Å²) < 4.78 is 26.4. The molecule has 0 aromatic carbocycles. The SMILES string of the molecule is CCCS(=O)(=O)ON=C1[C]C=CS1. The molecule has 1 rings (SSSR count). The average molecular weight is 219 g/mol. The van der Waals surface area contributed by atoms with Crippen LogP contribution in [0.25, 0.3) is 0 Å². The van der Waals surface area contributed by atoms with E-state index in [0.29, 0.717) is 11.5 Å². The summed E-state index contributed by atoms with van der Waals surface area (Å²) in [5, 5.41) is 5.61. The van der Waals surface area contributed by atoms with Crippen molar-refractivity contribution in [2.45, 2.75) is 13.3 Å². The summed E-state index contributed by atoms with van der Waals surface area (Å²) in [5.41, 5.74) is 0. The molecule has 0 amide bonds. The third-order valence-corrected chi connectivity index (χ3v) is 3.04. The Labute approximate surface area is 82.2 Å². The van der Waals surface area contributed by atoms with Crippen molar-refractivity contribution in [2.24, 2.45) is 5.16 Å². The maximum absolute atomic E-state index is 11.0. The summed E-state index contributed by atoms with van der Waals surface area (Å²) in [6.07, 6.45) is 4.89. The van der Waals surface area contributed by atoms with E-state index in [1.165, 1.54) is 11.8 Å². The standard InChI is InChI=1S/C7H9NO3S2/c1-2-6-13(9,10)11-8-7-4-3-5-12-7/h3,5H,2,6H2,1H3. The Kier molecular flexibility index (Phi) is 3.80. The predicted octanol–water partition coefficient (Wildman–Crippen LogP) is 1.40. The molecule has 0 saturated heterocycles. The molecular weight excluding hydrogens is 210 g/mol. The third kappa shape index (κ3) is 3.82. The van der Waals surface area contributed by atoms with Crippen molar-refractivity contribution in [1.29, 1.82) is 0 Å². The van der Waals surface area contributed by atoms with Crippen LogP contribution in [0.2, 0.25) is 0 Å². The van der Waals surface area contributed by atoms with Crippen molar-refractivity contribution < 1.29 is 12.7 Å². The minimum atomic E-state index is -3.49. The first kappa shape index (κ1) is 10.6. The molecule has 72 valence electrons. The van der Waals surface area contributed by atoms with Gasteiger partial charge in [-0.3, -0.25) is 4.28 Å². The van der Waals surface area contributed by atoms with Crippen LogP contribution in [0.5, 0.6) is 0 Å². The van der Waals surface area contributed by atoms with Crippen molar-refractivity contribution in [1.82, 2.24) is 0 Å². The Balaban J connectivity index is 2.45. The molecule has 1 aliphatic heterocycles. The number of thioether (sulfide) groups is 1. The molecular formula is C7H9NO3S2. The van der Waals surface area contributed by atoms with Gasteiger partial charge in [-0.1, -0.05) is 29.9 Å². The Morgan fingerprint density at radius 1 is 1.69 bits per heavy atom. The molecule has 0 aliphatic carbocycles. The van der Waals surface area contributed by atoms with Gasteiger partial charge >= 0.3 is 10.1 Å². The number of nitrogens with zero attached hydrogens (tertiary/aromatic N) is 1. The first-order valence-electron chi connectivity index (χ1n) is 3.71. The number of rotatable bonds is 4. The van der Waals surface area contributed by atoms with Crippen molar-refractivity contribution >= 4 is 26.9 Å². The zero-order valence-corrected chi connectivity index (χ0v) is 8.69. The molecule has 0 saturated carbocycles. The smallest absolute Gasteiger partial charge is 0.268 e. The second-order valence-electron chi connectivity index (χ2n) is 2.30. The summed E-state index contributed by atoms with van der Waals surface area (Å²) in [6.45, 7) is 1.76. The molecule has 1 heterocycles. The number of hydrogen-bond acceptors (Lipinski definition) is 5. The molecule has 2 radical (unpaired) electrons. The van der Waals surface area contributed by atoms with Crippen LogP contribution in [-0.4, -0.2) is 19.2 Å². The quantitative estimate of drug-likeness (QED) is 0.671. The molecule has 0 bridgehead atoms. The van der Waals surface area contributed by atoms with Crippen LogP contribution < -0.4 is 0 Å². The number of oxime groups is 1. The largest absolute Gasteiger partial charge is 0.328 e. The molecule has 4 nitrogen and oxygen atoms in total. The van der Waals surface area contributed by atoms with E-state index in [2.05, 4.69) is 15.9 Å². The monoisotopic (exact) mass is 219 g/mol. The van der Waals surface area contributed by atoms with Crippen LogP contribution in [0, 0.1) is 6.42 Å². The van der Waals surface area contributed by atoms with Gasteiger partial charge in [-0.25, -0.2) is 0 Å². The van der Waals surface area contributed by atoms with Crippen LogP contribution >= 0.6 is 11.8 Å². The first-order chi connectivity index (χ1) is 6.14. The predicted molar refractivity (Wildman–Crippen MR) is 52.6 cm³/mol. The molecule has 6 heteroatoms. The zero-order valence-electron chi connectivity index (χ0n) is 7.06. The Morgan fingerprint density at radius 3 is 3.00 bits per heavy atom. The second kappa shape index (κ2) is 4.66. The van der Waals surface area contributed by atoms with Gasteiger partial charge in [0.15, 0.2) is 0 Å².